The monoisotopic (exact) mass is 332 g/mol. The summed E-state index contributed by atoms with van der Waals surface area (Å²) < 4.78 is 8.41. The van der Waals surface area contributed by atoms with Crippen molar-refractivity contribution in [2.45, 2.75) is 77.9 Å². The second kappa shape index (κ2) is 6.32. The zero-order valence-corrected chi connectivity index (χ0v) is 15.5. The second-order valence-corrected chi connectivity index (χ2v) is 8.83. The highest BCUT2D eigenvalue weighted by atomic mass is 16.5. The van der Waals surface area contributed by atoms with Crippen LogP contribution in [0.1, 0.15) is 71.0 Å². The Morgan fingerprint density at radius 3 is 2.62 bits per heavy atom. The van der Waals surface area contributed by atoms with E-state index in [0.29, 0.717) is 17.4 Å². The summed E-state index contributed by atoms with van der Waals surface area (Å²) in [6.45, 7) is 11.2. The van der Waals surface area contributed by atoms with Gasteiger partial charge in [0, 0.05) is 25.6 Å². The predicted molar refractivity (Wildman–Crippen MR) is 95.4 cm³/mol. The van der Waals surface area contributed by atoms with Crippen LogP contribution in [0.3, 0.4) is 0 Å². The van der Waals surface area contributed by atoms with Gasteiger partial charge in [0.2, 0.25) is 5.95 Å². The van der Waals surface area contributed by atoms with Crippen LogP contribution in [0.25, 0.3) is 0 Å². The molecule has 2 saturated heterocycles. The Kier molecular flexibility index (Phi) is 4.31. The molecule has 1 aromatic rings. The Balaban J connectivity index is 1.58. The molecule has 4 rings (SSSR count). The molecule has 2 atom stereocenters. The van der Waals surface area contributed by atoms with E-state index in [1.165, 1.54) is 44.3 Å². The fourth-order valence-electron chi connectivity index (χ4n) is 4.15. The maximum atomic E-state index is 6.01. The summed E-state index contributed by atoms with van der Waals surface area (Å²) in [4.78, 5) is 2.47. The minimum Gasteiger partial charge on any atom is -0.376 e. The zero-order valence-electron chi connectivity index (χ0n) is 15.5. The van der Waals surface area contributed by atoms with E-state index in [2.05, 4.69) is 40.4 Å². The Morgan fingerprint density at radius 2 is 1.96 bits per heavy atom. The topological polar surface area (TPSA) is 43.2 Å². The normalized spacial score (nSPS) is 30.5. The van der Waals surface area contributed by atoms with Crippen molar-refractivity contribution < 1.29 is 4.74 Å². The fraction of sp³-hybridized carbons (Fsp3) is 0.895. The molecule has 2 aliphatic heterocycles. The number of rotatable bonds is 4. The molecular formula is C19H32N4O. The van der Waals surface area contributed by atoms with Gasteiger partial charge in [-0.1, -0.05) is 20.8 Å². The number of hydrogen-bond donors (Lipinski definition) is 0. The van der Waals surface area contributed by atoms with Gasteiger partial charge in [-0.15, -0.1) is 10.2 Å². The molecule has 134 valence electrons. The highest BCUT2D eigenvalue weighted by Gasteiger charge is 2.37. The molecule has 24 heavy (non-hydrogen) atoms. The molecular weight excluding hydrogens is 300 g/mol. The van der Waals surface area contributed by atoms with Gasteiger partial charge >= 0.3 is 0 Å². The van der Waals surface area contributed by atoms with Crippen molar-refractivity contribution in [3.63, 3.8) is 0 Å². The number of anilines is 1. The van der Waals surface area contributed by atoms with Crippen LogP contribution in [-0.4, -0.2) is 40.6 Å². The summed E-state index contributed by atoms with van der Waals surface area (Å²) in [5, 5.41) is 9.24. The predicted octanol–water partition coefficient (Wildman–Crippen LogP) is 3.60. The zero-order chi connectivity index (χ0) is 16.7. The van der Waals surface area contributed by atoms with Gasteiger partial charge in [-0.05, 0) is 49.9 Å². The largest absolute Gasteiger partial charge is 0.376 e. The summed E-state index contributed by atoms with van der Waals surface area (Å²) in [6.07, 6.45) is 7.78. The van der Waals surface area contributed by atoms with Gasteiger partial charge in [-0.25, -0.2) is 0 Å². The highest BCUT2D eigenvalue weighted by Crippen LogP contribution is 2.41. The lowest BCUT2D eigenvalue weighted by atomic mass is 9.75. The molecule has 3 fully saturated rings. The van der Waals surface area contributed by atoms with Gasteiger partial charge < -0.3 is 9.64 Å². The number of piperidine rings is 1. The maximum Gasteiger partial charge on any atom is 0.227 e. The molecule has 0 unspecified atom stereocenters. The number of hydrogen-bond acceptors (Lipinski definition) is 4. The van der Waals surface area contributed by atoms with Crippen molar-refractivity contribution in [3.8, 4) is 0 Å². The van der Waals surface area contributed by atoms with Crippen molar-refractivity contribution >= 4 is 5.95 Å². The van der Waals surface area contributed by atoms with Crippen LogP contribution in [0.2, 0.25) is 0 Å². The summed E-state index contributed by atoms with van der Waals surface area (Å²) in [5.41, 5.74) is 0.329. The summed E-state index contributed by atoms with van der Waals surface area (Å²) in [7, 11) is 0. The molecule has 0 bridgehead atoms. The van der Waals surface area contributed by atoms with E-state index in [-0.39, 0.29) is 0 Å². The molecule has 0 radical (unpaired) electrons. The number of aromatic nitrogens is 3. The third-order valence-corrected chi connectivity index (χ3v) is 6.41. The lowest BCUT2D eigenvalue weighted by molar-refractivity contribution is 0.00561. The molecule has 0 aromatic carbocycles. The fourth-order valence-corrected chi connectivity index (χ4v) is 4.15. The molecule has 1 aromatic heterocycles. The van der Waals surface area contributed by atoms with Crippen LogP contribution in [-0.2, 0) is 11.3 Å². The minimum atomic E-state index is 0.329. The Hall–Kier alpha value is -1.10. The maximum absolute atomic E-state index is 6.01. The van der Waals surface area contributed by atoms with Crippen LogP contribution < -0.4 is 4.90 Å². The molecule has 1 saturated carbocycles. The standard InChI is InChI=1S/C19H32N4O/c1-14-9-10-22(13-19(14,2)3)18-21-20-17(15-7-8-15)23(18)12-16-6-4-5-11-24-16/h14-16H,4-13H2,1-3H3/t14-,16-/m1/s1. The van der Waals surface area contributed by atoms with Crippen molar-refractivity contribution in [1.29, 1.82) is 0 Å². The molecule has 5 nitrogen and oxygen atoms in total. The van der Waals surface area contributed by atoms with E-state index >= 15 is 0 Å². The van der Waals surface area contributed by atoms with Crippen LogP contribution >= 0.6 is 0 Å². The van der Waals surface area contributed by atoms with Crippen LogP contribution in [0.5, 0.6) is 0 Å². The first-order valence-corrected chi connectivity index (χ1v) is 9.84. The first-order chi connectivity index (χ1) is 11.5. The first-order valence-electron chi connectivity index (χ1n) is 9.84. The first kappa shape index (κ1) is 16.4. The quantitative estimate of drug-likeness (QED) is 0.845. The highest BCUT2D eigenvalue weighted by molar-refractivity contribution is 5.34. The van der Waals surface area contributed by atoms with E-state index in [1.54, 1.807) is 0 Å². The van der Waals surface area contributed by atoms with Gasteiger partial charge in [-0.2, -0.15) is 0 Å². The smallest absolute Gasteiger partial charge is 0.227 e. The van der Waals surface area contributed by atoms with Crippen LogP contribution in [0, 0.1) is 11.3 Å². The van der Waals surface area contributed by atoms with Gasteiger partial charge in [0.25, 0.3) is 0 Å². The average molecular weight is 332 g/mol. The second-order valence-electron chi connectivity index (χ2n) is 8.83. The van der Waals surface area contributed by atoms with E-state index in [4.69, 9.17) is 4.74 Å². The third kappa shape index (κ3) is 3.19. The molecule has 5 heteroatoms. The van der Waals surface area contributed by atoms with Crippen molar-refractivity contribution in [3.05, 3.63) is 5.82 Å². The summed E-state index contributed by atoms with van der Waals surface area (Å²) >= 11 is 0. The molecule has 3 heterocycles. The van der Waals surface area contributed by atoms with Crippen molar-refractivity contribution in [2.75, 3.05) is 24.6 Å². The van der Waals surface area contributed by atoms with Gasteiger partial charge in [0.15, 0.2) is 0 Å². The van der Waals surface area contributed by atoms with E-state index in [0.717, 1.165) is 38.1 Å². The lowest BCUT2D eigenvalue weighted by Crippen LogP contribution is -2.46. The average Bonchev–Trinajstić information content (AvgIpc) is 3.32. The van der Waals surface area contributed by atoms with E-state index in [9.17, 15) is 0 Å². The van der Waals surface area contributed by atoms with E-state index < -0.39 is 0 Å². The Labute approximate surface area is 145 Å². The Bertz CT molecular complexity index is 572. The lowest BCUT2D eigenvalue weighted by Gasteiger charge is -2.43. The molecule has 1 aliphatic carbocycles. The number of ether oxygens (including phenoxy) is 1. The van der Waals surface area contributed by atoms with Crippen molar-refractivity contribution in [1.82, 2.24) is 14.8 Å². The van der Waals surface area contributed by atoms with Gasteiger partial charge in [0.1, 0.15) is 5.82 Å². The third-order valence-electron chi connectivity index (χ3n) is 6.41. The molecule has 0 amide bonds. The molecule has 3 aliphatic rings. The summed E-state index contributed by atoms with van der Waals surface area (Å²) in [5.74, 6) is 3.68. The molecule has 0 spiro atoms. The summed E-state index contributed by atoms with van der Waals surface area (Å²) in [6, 6.07) is 0. The SMILES string of the molecule is C[C@@H]1CCN(c2nnc(C3CC3)n2C[C@H]2CCCCO2)CC1(C)C. The van der Waals surface area contributed by atoms with Crippen molar-refractivity contribution in [2.24, 2.45) is 11.3 Å². The molecule has 0 N–H and O–H groups in total. The number of nitrogens with zero attached hydrogens (tertiary/aromatic N) is 4. The van der Waals surface area contributed by atoms with Crippen LogP contribution in [0.15, 0.2) is 0 Å². The minimum absolute atomic E-state index is 0.329. The Morgan fingerprint density at radius 1 is 1.12 bits per heavy atom. The van der Waals surface area contributed by atoms with Gasteiger partial charge in [0.05, 0.1) is 12.6 Å². The van der Waals surface area contributed by atoms with E-state index in [1.807, 2.05) is 0 Å². The van der Waals surface area contributed by atoms with Gasteiger partial charge in [-0.3, -0.25) is 4.57 Å². The van der Waals surface area contributed by atoms with Crippen LogP contribution in [0.4, 0.5) is 5.95 Å².